The Kier molecular flexibility index (Phi) is 4.15. The zero-order valence-corrected chi connectivity index (χ0v) is 9.91. The van der Waals surface area contributed by atoms with Crippen LogP contribution in [0.5, 0.6) is 0 Å². The summed E-state index contributed by atoms with van der Waals surface area (Å²) in [5.74, 6) is 0.523. The summed E-state index contributed by atoms with van der Waals surface area (Å²) in [4.78, 5) is 13.6. The van der Waals surface area contributed by atoms with Crippen LogP contribution in [-0.2, 0) is 0 Å². The van der Waals surface area contributed by atoms with Gasteiger partial charge in [-0.25, -0.2) is 0 Å². The minimum atomic E-state index is -0.161. The number of hydrogen-bond donors (Lipinski definition) is 0. The first kappa shape index (κ1) is 12.0. The third kappa shape index (κ3) is 2.96. The highest BCUT2D eigenvalue weighted by atomic mass is 35.5. The molecule has 15 heavy (non-hydrogen) atoms. The molecule has 1 aromatic rings. The van der Waals surface area contributed by atoms with Crippen LogP contribution < -0.4 is 0 Å². The Morgan fingerprint density at radius 3 is 2.73 bits per heavy atom. The van der Waals surface area contributed by atoms with Gasteiger partial charge in [-0.2, -0.15) is 0 Å². The molecule has 4 nitrogen and oxygen atoms in total. The van der Waals surface area contributed by atoms with Crippen LogP contribution >= 0.6 is 11.6 Å². The zero-order chi connectivity index (χ0) is 11.4. The molecule has 0 aromatic carbocycles. The van der Waals surface area contributed by atoms with Crippen molar-refractivity contribution >= 4 is 17.5 Å². The van der Waals surface area contributed by atoms with Gasteiger partial charge in [0.2, 0.25) is 5.76 Å². The van der Waals surface area contributed by atoms with E-state index in [-0.39, 0.29) is 17.7 Å². The standard InChI is InChI=1S/C10H15ClN2O2/c1-7(2)13(5-4-11)10(14)9-6-8(3)12-15-9/h6-7H,4-5H2,1-3H3. The van der Waals surface area contributed by atoms with Crippen molar-refractivity contribution in [1.29, 1.82) is 0 Å². The van der Waals surface area contributed by atoms with Crippen LogP contribution in [0.2, 0.25) is 0 Å². The molecule has 0 unspecified atom stereocenters. The van der Waals surface area contributed by atoms with E-state index in [2.05, 4.69) is 5.16 Å². The first-order valence-electron chi connectivity index (χ1n) is 4.86. The molecule has 0 spiro atoms. The highest BCUT2D eigenvalue weighted by molar-refractivity contribution is 6.18. The molecule has 0 aliphatic rings. The second-order valence-corrected chi connectivity index (χ2v) is 3.99. The Hall–Kier alpha value is -1.03. The summed E-state index contributed by atoms with van der Waals surface area (Å²) in [6.07, 6.45) is 0. The quantitative estimate of drug-likeness (QED) is 0.744. The molecule has 0 aliphatic carbocycles. The Balaban J connectivity index is 2.80. The number of amides is 1. The topological polar surface area (TPSA) is 46.3 Å². The number of halogens is 1. The summed E-state index contributed by atoms with van der Waals surface area (Å²) in [5.41, 5.74) is 0.702. The second kappa shape index (κ2) is 5.16. The lowest BCUT2D eigenvalue weighted by Gasteiger charge is -2.24. The van der Waals surface area contributed by atoms with Crippen LogP contribution in [0.4, 0.5) is 0 Å². The molecule has 1 amide bonds. The highest BCUT2D eigenvalue weighted by Gasteiger charge is 2.21. The normalized spacial score (nSPS) is 10.7. The van der Waals surface area contributed by atoms with Gasteiger partial charge in [0, 0.05) is 24.5 Å². The van der Waals surface area contributed by atoms with Crippen molar-refractivity contribution in [2.45, 2.75) is 26.8 Å². The van der Waals surface area contributed by atoms with Crippen molar-refractivity contribution in [3.63, 3.8) is 0 Å². The molecule has 1 aromatic heterocycles. The summed E-state index contributed by atoms with van der Waals surface area (Å²) < 4.78 is 4.92. The van der Waals surface area contributed by atoms with Crippen molar-refractivity contribution in [2.75, 3.05) is 12.4 Å². The first-order chi connectivity index (χ1) is 7.06. The minimum absolute atomic E-state index is 0.0988. The van der Waals surface area contributed by atoms with E-state index in [0.717, 1.165) is 0 Å². The van der Waals surface area contributed by atoms with Crippen molar-refractivity contribution in [3.8, 4) is 0 Å². The van der Waals surface area contributed by atoms with E-state index in [9.17, 15) is 4.79 Å². The Bertz CT molecular complexity index is 336. The number of carbonyl (C=O) groups excluding carboxylic acids is 1. The Morgan fingerprint density at radius 1 is 1.67 bits per heavy atom. The van der Waals surface area contributed by atoms with E-state index in [1.54, 1.807) is 17.9 Å². The van der Waals surface area contributed by atoms with Gasteiger partial charge in [0.1, 0.15) is 0 Å². The summed E-state index contributed by atoms with van der Waals surface area (Å²) in [5, 5.41) is 3.68. The van der Waals surface area contributed by atoms with Gasteiger partial charge in [-0.3, -0.25) is 4.79 Å². The molecule has 1 heterocycles. The van der Waals surface area contributed by atoms with E-state index in [1.807, 2.05) is 13.8 Å². The molecule has 1 rings (SSSR count). The first-order valence-corrected chi connectivity index (χ1v) is 5.40. The van der Waals surface area contributed by atoms with E-state index < -0.39 is 0 Å². The van der Waals surface area contributed by atoms with Crippen LogP contribution in [0.1, 0.15) is 30.1 Å². The molecule has 84 valence electrons. The maximum Gasteiger partial charge on any atom is 0.292 e. The smallest absolute Gasteiger partial charge is 0.292 e. The number of rotatable bonds is 4. The molecular weight excluding hydrogens is 216 g/mol. The Morgan fingerprint density at radius 2 is 2.33 bits per heavy atom. The van der Waals surface area contributed by atoms with Crippen molar-refractivity contribution < 1.29 is 9.32 Å². The summed E-state index contributed by atoms with van der Waals surface area (Å²) in [7, 11) is 0. The van der Waals surface area contributed by atoms with Crippen LogP contribution in [-0.4, -0.2) is 34.4 Å². The molecule has 0 saturated carbocycles. The zero-order valence-electron chi connectivity index (χ0n) is 9.16. The number of carbonyl (C=O) groups is 1. The molecule has 0 aliphatic heterocycles. The van der Waals surface area contributed by atoms with E-state index in [4.69, 9.17) is 16.1 Å². The summed E-state index contributed by atoms with van der Waals surface area (Å²) >= 11 is 5.64. The van der Waals surface area contributed by atoms with Crippen LogP contribution in [0.25, 0.3) is 0 Å². The third-order valence-corrected chi connectivity index (χ3v) is 2.22. The van der Waals surface area contributed by atoms with Gasteiger partial charge in [-0.05, 0) is 20.8 Å². The average molecular weight is 231 g/mol. The maximum atomic E-state index is 11.9. The van der Waals surface area contributed by atoms with Gasteiger partial charge in [0.15, 0.2) is 0 Å². The maximum absolute atomic E-state index is 11.9. The van der Waals surface area contributed by atoms with E-state index >= 15 is 0 Å². The van der Waals surface area contributed by atoms with Crippen molar-refractivity contribution in [1.82, 2.24) is 10.1 Å². The van der Waals surface area contributed by atoms with E-state index in [0.29, 0.717) is 18.1 Å². The van der Waals surface area contributed by atoms with Gasteiger partial charge in [0.25, 0.3) is 5.91 Å². The molecule has 0 bridgehead atoms. The lowest BCUT2D eigenvalue weighted by Crippen LogP contribution is -2.38. The van der Waals surface area contributed by atoms with Gasteiger partial charge in [-0.1, -0.05) is 5.16 Å². The lowest BCUT2D eigenvalue weighted by molar-refractivity contribution is 0.0675. The second-order valence-electron chi connectivity index (χ2n) is 3.61. The average Bonchev–Trinajstić information content (AvgIpc) is 2.59. The Labute approximate surface area is 94.2 Å². The fourth-order valence-corrected chi connectivity index (χ4v) is 1.47. The summed E-state index contributed by atoms with van der Waals surface area (Å²) in [6.45, 7) is 6.17. The molecule has 0 radical (unpaired) electrons. The van der Waals surface area contributed by atoms with Gasteiger partial charge < -0.3 is 9.42 Å². The number of aromatic nitrogens is 1. The number of aryl methyl sites for hydroxylation is 1. The minimum Gasteiger partial charge on any atom is -0.351 e. The van der Waals surface area contributed by atoms with Crippen LogP contribution in [0.15, 0.2) is 10.6 Å². The van der Waals surface area contributed by atoms with E-state index in [1.165, 1.54) is 0 Å². The third-order valence-electron chi connectivity index (χ3n) is 2.05. The van der Waals surface area contributed by atoms with Crippen LogP contribution in [0, 0.1) is 6.92 Å². The fourth-order valence-electron chi connectivity index (χ4n) is 1.29. The molecule has 5 heteroatoms. The fraction of sp³-hybridized carbons (Fsp3) is 0.600. The highest BCUT2D eigenvalue weighted by Crippen LogP contribution is 2.09. The number of nitrogens with zero attached hydrogens (tertiary/aromatic N) is 2. The predicted octanol–water partition coefficient (Wildman–Crippen LogP) is 2.07. The molecular formula is C10H15ClN2O2. The van der Waals surface area contributed by atoms with Gasteiger partial charge in [0.05, 0.1) is 5.69 Å². The van der Waals surface area contributed by atoms with Crippen molar-refractivity contribution in [3.05, 3.63) is 17.5 Å². The SMILES string of the molecule is Cc1cc(C(=O)N(CCCl)C(C)C)on1. The molecule has 0 atom stereocenters. The predicted molar refractivity (Wildman–Crippen MR) is 58.1 cm³/mol. The molecule has 0 saturated heterocycles. The van der Waals surface area contributed by atoms with Gasteiger partial charge >= 0.3 is 0 Å². The monoisotopic (exact) mass is 230 g/mol. The number of hydrogen-bond acceptors (Lipinski definition) is 3. The van der Waals surface area contributed by atoms with Crippen molar-refractivity contribution in [2.24, 2.45) is 0 Å². The summed E-state index contributed by atoms with van der Waals surface area (Å²) in [6, 6.07) is 1.73. The van der Waals surface area contributed by atoms with Gasteiger partial charge in [-0.15, -0.1) is 11.6 Å². The largest absolute Gasteiger partial charge is 0.351 e. The number of alkyl halides is 1. The molecule has 0 N–H and O–H groups in total. The lowest BCUT2D eigenvalue weighted by atomic mass is 10.2. The molecule has 0 fully saturated rings. The van der Waals surface area contributed by atoms with Crippen LogP contribution in [0.3, 0.4) is 0 Å².